The van der Waals surface area contributed by atoms with Crippen molar-refractivity contribution < 1.29 is 4.79 Å². The second-order valence-corrected chi connectivity index (χ2v) is 3.51. The Balaban J connectivity index is 2.82. The van der Waals surface area contributed by atoms with E-state index in [9.17, 15) is 4.79 Å². The van der Waals surface area contributed by atoms with Crippen LogP contribution in [0.15, 0.2) is 24.3 Å². The van der Waals surface area contributed by atoms with E-state index >= 15 is 0 Å². The number of anilines is 1. The summed E-state index contributed by atoms with van der Waals surface area (Å²) >= 11 is 0. The Bertz CT molecular complexity index is 336. The van der Waals surface area contributed by atoms with Crippen molar-refractivity contribution in [3.63, 3.8) is 0 Å². The highest BCUT2D eigenvalue weighted by Crippen LogP contribution is 2.09. The summed E-state index contributed by atoms with van der Waals surface area (Å²) in [5.41, 5.74) is 6.95. The van der Waals surface area contributed by atoms with Gasteiger partial charge in [-0.25, -0.2) is 0 Å². The van der Waals surface area contributed by atoms with Crippen molar-refractivity contribution in [1.82, 2.24) is 4.90 Å². The van der Waals surface area contributed by atoms with Crippen molar-refractivity contribution in [2.24, 2.45) is 0 Å². The molecule has 0 radical (unpaired) electrons. The minimum atomic E-state index is 0.0617. The molecule has 1 rings (SSSR count). The summed E-state index contributed by atoms with van der Waals surface area (Å²) < 4.78 is 0. The predicted octanol–water partition coefficient (Wildman–Crippen LogP) is 2.14. The van der Waals surface area contributed by atoms with Crippen LogP contribution < -0.4 is 5.73 Å². The Labute approximate surface area is 90.9 Å². The molecular formula is C12H18N2O. The normalized spacial score (nSPS) is 10.0. The lowest BCUT2D eigenvalue weighted by molar-refractivity contribution is 0.0764. The molecule has 0 aliphatic rings. The van der Waals surface area contributed by atoms with Gasteiger partial charge < -0.3 is 10.6 Å². The first-order valence-electron chi connectivity index (χ1n) is 5.33. The minimum absolute atomic E-state index is 0.0617. The zero-order valence-corrected chi connectivity index (χ0v) is 9.36. The molecule has 0 aliphatic carbocycles. The predicted molar refractivity (Wildman–Crippen MR) is 62.7 cm³/mol. The van der Waals surface area contributed by atoms with Crippen molar-refractivity contribution in [3.8, 4) is 0 Å². The first-order chi connectivity index (χ1) is 7.19. The Kier molecular flexibility index (Phi) is 4.16. The largest absolute Gasteiger partial charge is 0.399 e. The number of rotatable bonds is 4. The average Bonchev–Trinajstić information content (AvgIpc) is 2.25. The van der Waals surface area contributed by atoms with E-state index in [1.54, 1.807) is 18.2 Å². The number of benzene rings is 1. The van der Waals surface area contributed by atoms with E-state index in [1.807, 2.05) is 17.9 Å². The second kappa shape index (κ2) is 5.39. The molecule has 0 aromatic heterocycles. The van der Waals surface area contributed by atoms with E-state index in [2.05, 4.69) is 6.92 Å². The van der Waals surface area contributed by atoms with Crippen LogP contribution in [0.3, 0.4) is 0 Å². The highest BCUT2D eigenvalue weighted by atomic mass is 16.2. The molecule has 1 amide bonds. The molecule has 1 aromatic rings. The van der Waals surface area contributed by atoms with Crippen LogP contribution in [0.2, 0.25) is 0 Å². The number of hydrogen-bond acceptors (Lipinski definition) is 2. The van der Waals surface area contributed by atoms with Crippen LogP contribution in [0, 0.1) is 0 Å². The number of nitrogen functional groups attached to an aromatic ring is 1. The van der Waals surface area contributed by atoms with E-state index in [-0.39, 0.29) is 5.91 Å². The van der Waals surface area contributed by atoms with Crippen molar-refractivity contribution in [3.05, 3.63) is 29.8 Å². The Morgan fingerprint density at radius 2 is 2.13 bits per heavy atom. The molecule has 0 bridgehead atoms. The standard InChI is InChI=1S/C12H18N2O/c1-3-8-14(4-2)12(15)10-6-5-7-11(13)9-10/h5-7,9H,3-4,8,13H2,1-2H3. The third-order valence-electron chi connectivity index (χ3n) is 2.30. The van der Waals surface area contributed by atoms with Crippen LogP contribution in [-0.4, -0.2) is 23.9 Å². The molecule has 3 nitrogen and oxygen atoms in total. The molecule has 82 valence electrons. The summed E-state index contributed by atoms with van der Waals surface area (Å²) in [6.07, 6.45) is 0.974. The maximum absolute atomic E-state index is 12.0. The monoisotopic (exact) mass is 206 g/mol. The maximum atomic E-state index is 12.0. The third-order valence-corrected chi connectivity index (χ3v) is 2.30. The molecule has 2 N–H and O–H groups in total. The van der Waals surface area contributed by atoms with Gasteiger partial charge in [-0.15, -0.1) is 0 Å². The van der Waals surface area contributed by atoms with E-state index in [4.69, 9.17) is 5.73 Å². The Hall–Kier alpha value is -1.51. The summed E-state index contributed by atoms with van der Waals surface area (Å²) in [5.74, 6) is 0.0617. The van der Waals surface area contributed by atoms with Crippen LogP contribution in [0.4, 0.5) is 5.69 Å². The fraction of sp³-hybridized carbons (Fsp3) is 0.417. The van der Waals surface area contributed by atoms with Gasteiger partial charge in [0, 0.05) is 24.3 Å². The molecule has 1 aromatic carbocycles. The van der Waals surface area contributed by atoms with E-state index in [0.29, 0.717) is 11.3 Å². The minimum Gasteiger partial charge on any atom is -0.399 e. The van der Waals surface area contributed by atoms with Crippen LogP contribution in [0.1, 0.15) is 30.6 Å². The van der Waals surface area contributed by atoms with Gasteiger partial charge in [-0.05, 0) is 31.5 Å². The van der Waals surface area contributed by atoms with Crippen LogP contribution in [0.25, 0.3) is 0 Å². The number of carbonyl (C=O) groups is 1. The molecule has 0 saturated heterocycles. The molecule has 0 atom stereocenters. The molecule has 0 unspecified atom stereocenters. The molecule has 0 spiro atoms. The Morgan fingerprint density at radius 1 is 1.40 bits per heavy atom. The van der Waals surface area contributed by atoms with Gasteiger partial charge in [0.25, 0.3) is 5.91 Å². The fourth-order valence-corrected chi connectivity index (χ4v) is 1.53. The highest BCUT2D eigenvalue weighted by Gasteiger charge is 2.12. The topological polar surface area (TPSA) is 46.3 Å². The lowest BCUT2D eigenvalue weighted by Gasteiger charge is -2.20. The average molecular weight is 206 g/mol. The van der Waals surface area contributed by atoms with Crippen molar-refractivity contribution in [2.45, 2.75) is 20.3 Å². The summed E-state index contributed by atoms with van der Waals surface area (Å²) in [5, 5.41) is 0. The SMILES string of the molecule is CCCN(CC)C(=O)c1cccc(N)c1. The summed E-state index contributed by atoms with van der Waals surface area (Å²) in [6.45, 7) is 5.58. The summed E-state index contributed by atoms with van der Waals surface area (Å²) in [4.78, 5) is 13.8. The van der Waals surface area contributed by atoms with Crippen molar-refractivity contribution in [1.29, 1.82) is 0 Å². The zero-order chi connectivity index (χ0) is 11.3. The molecule has 0 heterocycles. The van der Waals surface area contributed by atoms with E-state index in [0.717, 1.165) is 19.5 Å². The number of nitrogens with zero attached hydrogens (tertiary/aromatic N) is 1. The molecule has 0 fully saturated rings. The molecular weight excluding hydrogens is 188 g/mol. The molecule has 0 saturated carbocycles. The molecule has 0 aliphatic heterocycles. The lowest BCUT2D eigenvalue weighted by atomic mass is 10.1. The van der Waals surface area contributed by atoms with E-state index < -0.39 is 0 Å². The van der Waals surface area contributed by atoms with Crippen molar-refractivity contribution in [2.75, 3.05) is 18.8 Å². The van der Waals surface area contributed by atoms with Gasteiger partial charge in [0.1, 0.15) is 0 Å². The van der Waals surface area contributed by atoms with Gasteiger partial charge >= 0.3 is 0 Å². The second-order valence-electron chi connectivity index (χ2n) is 3.51. The van der Waals surface area contributed by atoms with Crippen LogP contribution in [0.5, 0.6) is 0 Å². The van der Waals surface area contributed by atoms with Gasteiger partial charge in [0.15, 0.2) is 0 Å². The van der Waals surface area contributed by atoms with Crippen LogP contribution in [-0.2, 0) is 0 Å². The number of amides is 1. The number of hydrogen-bond donors (Lipinski definition) is 1. The maximum Gasteiger partial charge on any atom is 0.253 e. The number of carbonyl (C=O) groups excluding carboxylic acids is 1. The zero-order valence-electron chi connectivity index (χ0n) is 9.36. The summed E-state index contributed by atoms with van der Waals surface area (Å²) in [7, 11) is 0. The third kappa shape index (κ3) is 2.98. The van der Waals surface area contributed by atoms with Crippen molar-refractivity contribution >= 4 is 11.6 Å². The summed E-state index contributed by atoms with van der Waals surface area (Å²) in [6, 6.07) is 7.12. The fourth-order valence-electron chi connectivity index (χ4n) is 1.53. The quantitative estimate of drug-likeness (QED) is 0.767. The number of nitrogens with two attached hydrogens (primary N) is 1. The first kappa shape index (κ1) is 11.6. The lowest BCUT2D eigenvalue weighted by Crippen LogP contribution is -2.31. The van der Waals surface area contributed by atoms with Crippen LogP contribution >= 0.6 is 0 Å². The molecule has 15 heavy (non-hydrogen) atoms. The van der Waals surface area contributed by atoms with Gasteiger partial charge in [-0.3, -0.25) is 4.79 Å². The molecule has 3 heteroatoms. The van der Waals surface area contributed by atoms with Gasteiger partial charge in [0.05, 0.1) is 0 Å². The smallest absolute Gasteiger partial charge is 0.253 e. The van der Waals surface area contributed by atoms with Gasteiger partial charge in [-0.2, -0.15) is 0 Å². The Morgan fingerprint density at radius 3 is 2.67 bits per heavy atom. The van der Waals surface area contributed by atoms with E-state index in [1.165, 1.54) is 0 Å². The first-order valence-corrected chi connectivity index (χ1v) is 5.33. The van der Waals surface area contributed by atoms with Gasteiger partial charge in [0.2, 0.25) is 0 Å². The van der Waals surface area contributed by atoms with Gasteiger partial charge in [-0.1, -0.05) is 13.0 Å². The highest BCUT2D eigenvalue weighted by molar-refractivity contribution is 5.95.